The van der Waals surface area contributed by atoms with Gasteiger partial charge in [0.2, 0.25) is 0 Å². The number of rotatable bonds is 3. The molecule has 1 N–H and O–H groups in total. The number of aromatic nitrogens is 1. The van der Waals surface area contributed by atoms with Gasteiger partial charge in [-0.15, -0.1) is 11.3 Å². The van der Waals surface area contributed by atoms with Crippen molar-refractivity contribution in [1.29, 1.82) is 0 Å². The summed E-state index contributed by atoms with van der Waals surface area (Å²) in [7, 11) is 0. The summed E-state index contributed by atoms with van der Waals surface area (Å²) in [5.41, 5.74) is 3.26. The van der Waals surface area contributed by atoms with Crippen LogP contribution in [0.5, 0.6) is 0 Å². The van der Waals surface area contributed by atoms with E-state index in [1.54, 1.807) is 11.3 Å². The van der Waals surface area contributed by atoms with Crippen molar-refractivity contribution in [2.24, 2.45) is 0 Å². The Balaban J connectivity index is 2.13. The normalized spacial score (nSPS) is 11.3. The van der Waals surface area contributed by atoms with Gasteiger partial charge < -0.3 is 9.72 Å². The minimum absolute atomic E-state index is 0.163. The molecule has 4 heteroatoms. The molecule has 0 saturated carbocycles. The lowest BCUT2D eigenvalue weighted by Gasteiger charge is -2.01. The van der Waals surface area contributed by atoms with Crippen molar-refractivity contribution in [2.75, 3.05) is 6.61 Å². The summed E-state index contributed by atoms with van der Waals surface area (Å²) in [5, 5.41) is 1.22. The monoisotopic (exact) mass is 273 g/mol. The van der Waals surface area contributed by atoms with Gasteiger partial charge in [-0.25, -0.2) is 0 Å². The summed E-state index contributed by atoms with van der Waals surface area (Å²) in [6, 6.07) is 8.29. The van der Waals surface area contributed by atoms with Crippen LogP contribution in [0.3, 0.4) is 0 Å². The van der Waals surface area contributed by atoms with Crippen molar-refractivity contribution in [3.05, 3.63) is 35.5 Å². The molecule has 1 aromatic carbocycles. The molecule has 3 aromatic rings. The fraction of sp³-hybridized carbons (Fsp3) is 0.267. The Kier molecular flexibility index (Phi) is 3.03. The fourth-order valence-corrected chi connectivity index (χ4v) is 3.64. The van der Waals surface area contributed by atoms with E-state index >= 15 is 0 Å². The Labute approximate surface area is 115 Å². The molecule has 0 amide bonds. The van der Waals surface area contributed by atoms with Gasteiger partial charge in [0.05, 0.1) is 23.2 Å². The van der Waals surface area contributed by atoms with E-state index in [4.69, 9.17) is 4.74 Å². The zero-order valence-corrected chi connectivity index (χ0v) is 11.8. The number of aromatic amines is 1. The van der Waals surface area contributed by atoms with Crippen LogP contribution in [0, 0.1) is 6.92 Å². The first-order chi connectivity index (χ1) is 9.20. The second-order valence-electron chi connectivity index (χ2n) is 4.51. The highest BCUT2D eigenvalue weighted by molar-refractivity contribution is 7.26. The maximum Gasteiger partial charge on any atom is 0.310 e. The van der Waals surface area contributed by atoms with Crippen molar-refractivity contribution in [3.8, 4) is 0 Å². The zero-order chi connectivity index (χ0) is 13.4. The Bertz CT molecular complexity index is 754. The molecule has 0 radical (unpaired) electrons. The van der Waals surface area contributed by atoms with Gasteiger partial charge in [0.1, 0.15) is 0 Å². The summed E-state index contributed by atoms with van der Waals surface area (Å²) in [6.07, 6.45) is 0.340. The molecule has 0 atom stereocenters. The smallest absolute Gasteiger partial charge is 0.310 e. The topological polar surface area (TPSA) is 42.1 Å². The van der Waals surface area contributed by atoms with Gasteiger partial charge in [-0.05, 0) is 19.9 Å². The lowest BCUT2D eigenvalue weighted by molar-refractivity contribution is -0.142. The number of hydrogen-bond donors (Lipinski definition) is 1. The van der Waals surface area contributed by atoms with E-state index in [1.165, 1.54) is 14.8 Å². The maximum absolute atomic E-state index is 11.7. The summed E-state index contributed by atoms with van der Waals surface area (Å²) in [4.78, 5) is 15.1. The van der Waals surface area contributed by atoms with Crippen LogP contribution in [-0.4, -0.2) is 17.6 Å². The van der Waals surface area contributed by atoms with Crippen LogP contribution in [0.1, 0.15) is 18.2 Å². The Morgan fingerprint density at radius 2 is 2.16 bits per heavy atom. The van der Waals surface area contributed by atoms with Crippen LogP contribution < -0.4 is 0 Å². The Morgan fingerprint density at radius 3 is 2.95 bits per heavy atom. The van der Waals surface area contributed by atoms with Crippen LogP contribution in [0.4, 0.5) is 0 Å². The van der Waals surface area contributed by atoms with E-state index in [1.807, 2.05) is 26.0 Å². The van der Waals surface area contributed by atoms with Crippen molar-refractivity contribution >= 4 is 37.6 Å². The molecule has 0 saturated heterocycles. The van der Waals surface area contributed by atoms with Crippen LogP contribution in [-0.2, 0) is 16.0 Å². The van der Waals surface area contributed by atoms with Crippen LogP contribution in [0.2, 0.25) is 0 Å². The van der Waals surface area contributed by atoms with E-state index in [2.05, 4.69) is 17.1 Å². The molecule has 3 nitrogen and oxygen atoms in total. The third-order valence-corrected chi connectivity index (χ3v) is 4.49. The van der Waals surface area contributed by atoms with E-state index in [9.17, 15) is 4.79 Å². The number of carbonyl (C=O) groups is 1. The molecule has 0 aliphatic carbocycles. The van der Waals surface area contributed by atoms with Gasteiger partial charge in [-0.2, -0.15) is 0 Å². The highest BCUT2D eigenvalue weighted by atomic mass is 32.1. The largest absolute Gasteiger partial charge is 0.466 e. The number of esters is 1. The van der Waals surface area contributed by atoms with E-state index < -0.39 is 0 Å². The lowest BCUT2D eigenvalue weighted by Crippen LogP contribution is -2.07. The van der Waals surface area contributed by atoms with Gasteiger partial charge >= 0.3 is 5.97 Å². The zero-order valence-electron chi connectivity index (χ0n) is 10.9. The first-order valence-corrected chi connectivity index (χ1v) is 7.16. The average Bonchev–Trinajstić information content (AvgIpc) is 2.88. The second-order valence-corrected chi connectivity index (χ2v) is 5.56. The lowest BCUT2D eigenvalue weighted by atomic mass is 10.1. The molecule has 0 aliphatic rings. The number of thiophene rings is 1. The van der Waals surface area contributed by atoms with E-state index in [0.717, 1.165) is 16.8 Å². The molecular weight excluding hydrogens is 258 g/mol. The first-order valence-electron chi connectivity index (χ1n) is 6.35. The third kappa shape index (κ3) is 2.02. The average molecular weight is 273 g/mol. The predicted octanol–water partition coefficient (Wildman–Crippen LogP) is 3.80. The summed E-state index contributed by atoms with van der Waals surface area (Å²) in [6.45, 7) is 4.27. The Morgan fingerprint density at radius 1 is 1.37 bits per heavy atom. The van der Waals surface area contributed by atoms with Gasteiger partial charge in [-0.1, -0.05) is 18.2 Å². The summed E-state index contributed by atoms with van der Waals surface area (Å²) >= 11 is 1.73. The van der Waals surface area contributed by atoms with Crippen LogP contribution >= 0.6 is 11.3 Å². The number of hydrogen-bond acceptors (Lipinski definition) is 3. The molecule has 3 rings (SSSR count). The van der Waals surface area contributed by atoms with Crippen molar-refractivity contribution in [3.63, 3.8) is 0 Å². The van der Waals surface area contributed by atoms with Crippen molar-refractivity contribution < 1.29 is 9.53 Å². The fourth-order valence-electron chi connectivity index (χ4n) is 2.38. The molecule has 0 bridgehead atoms. The summed E-state index contributed by atoms with van der Waals surface area (Å²) < 4.78 is 7.46. The molecule has 0 fully saturated rings. The maximum atomic E-state index is 11.7. The first kappa shape index (κ1) is 12.2. The molecule has 98 valence electrons. The number of nitrogens with one attached hydrogen (secondary N) is 1. The van der Waals surface area contributed by atoms with Gasteiger partial charge in [0, 0.05) is 21.3 Å². The SMILES string of the molecule is CCOC(=O)Cc1c(C)[nH]c2c1sc1ccccc12. The predicted molar refractivity (Wildman–Crippen MR) is 78.8 cm³/mol. The molecule has 0 unspecified atom stereocenters. The van der Waals surface area contributed by atoms with Crippen LogP contribution in [0.15, 0.2) is 24.3 Å². The molecule has 0 aliphatic heterocycles. The highest BCUT2D eigenvalue weighted by Gasteiger charge is 2.16. The third-order valence-electron chi connectivity index (χ3n) is 3.26. The van der Waals surface area contributed by atoms with Gasteiger partial charge in [0.15, 0.2) is 0 Å². The number of carbonyl (C=O) groups excluding carboxylic acids is 1. The molecule has 0 spiro atoms. The number of H-pyrrole nitrogens is 1. The quantitative estimate of drug-likeness (QED) is 0.738. The second kappa shape index (κ2) is 4.70. The molecule has 2 heterocycles. The van der Waals surface area contributed by atoms with E-state index in [0.29, 0.717) is 13.0 Å². The van der Waals surface area contributed by atoms with Crippen molar-refractivity contribution in [1.82, 2.24) is 4.98 Å². The number of aryl methyl sites for hydroxylation is 1. The number of benzene rings is 1. The minimum atomic E-state index is -0.163. The van der Waals surface area contributed by atoms with Crippen molar-refractivity contribution in [2.45, 2.75) is 20.3 Å². The number of fused-ring (bicyclic) bond motifs is 3. The van der Waals surface area contributed by atoms with Crippen LogP contribution in [0.25, 0.3) is 20.3 Å². The highest BCUT2D eigenvalue weighted by Crippen LogP contribution is 2.37. The Hall–Kier alpha value is -1.81. The number of ether oxygens (including phenoxy) is 1. The summed E-state index contributed by atoms with van der Waals surface area (Å²) in [5.74, 6) is -0.163. The molecular formula is C15H15NO2S. The van der Waals surface area contributed by atoms with Gasteiger partial charge in [0.25, 0.3) is 0 Å². The minimum Gasteiger partial charge on any atom is -0.466 e. The van der Waals surface area contributed by atoms with Gasteiger partial charge in [-0.3, -0.25) is 4.79 Å². The molecule has 19 heavy (non-hydrogen) atoms. The molecule has 2 aromatic heterocycles. The standard InChI is InChI=1S/C15H15NO2S/c1-3-18-13(17)8-11-9(2)16-14-10-6-4-5-7-12(10)19-15(11)14/h4-7,16H,3,8H2,1-2H3. The van der Waals surface area contributed by atoms with E-state index in [-0.39, 0.29) is 5.97 Å².